The summed E-state index contributed by atoms with van der Waals surface area (Å²) in [6, 6.07) is 11.0. The first-order valence-electron chi connectivity index (χ1n) is 12.5. The van der Waals surface area contributed by atoms with Crippen molar-refractivity contribution in [3.63, 3.8) is 0 Å². The molecule has 0 bridgehead atoms. The van der Waals surface area contributed by atoms with Gasteiger partial charge in [-0.05, 0) is 63.9 Å². The fourth-order valence-electron chi connectivity index (χ4n) is 4.18. The summed E-state index contributed by atoms with van der Waals surface area (Å²) in [6.07, 6.45) is 3.35. The molecule has 0 aromatic carbocycles. The van der Waals surface area contributed by atoms with Crippen molar-refractivity contribution in [1.29, 1.82) is 0 Å². The Balaban J connectivity index is 0.00000420. The van der Waals surface area contributed by atoms with Gasteiger partial charge < -0.3 is 20.1 Å². The second-order valence-corrected chi connectivity index (χ2v) is 10.7. The number of rotatable bonds is 9. The maximum atomic E-state index is 13.3. The summed E-state index contributed by atoms with van der Waals surface area (Å²) in [5, 5.41) is -0.346. The Morgan fingerprint density at radius 3 is 2.71 bits per heavy atom. The second kappa shape index (κ2) is 11.7. The summed E-state index contributed by atoms with van der Waals surface area (Å²) in [4.78, 5) is 28.2. The van der Waals surface area contributed by atoms with Crippen LogP contribution in [-0.2, 0) is 14.8 Å². The van der Waals surface area contributed by atoms with Gasteiger partial charge >= 0.3 is 0 Å². The number of aromatic nitrogens is 3. The normalized spacial score (nSPS) is 15.9. The monoisotopic (exact) mass is 542 g/mol. The van der Waals surface area contributed by atoms with E-state index in [0.717, 1.165) is 18.4 Å². The molecule has 3 aromatic rings. The van der Waals surface area contributed by atoms with Gasteiger partial charge in [-0.2, -0.15) is 8.42 Å². The van der Waals surface area contributed by atoms with Crippen molar-refractivity contribution in [2.45, 2.75) is 50.8 Å². The number of sulfonamides is 1. The van der Waals surface area contributed by atoms with E-state index in [9.17, 15) is 13.2 Å². The van der Waals surface area contributed by atoms with Crippen molar-refractivity contribution in [3.05, 3.63) is 54.2 Å². The number of hydrogen-bond acceptors (Lipinski definition) is 10. The van der Waals surface area contributed by atoms with Crippen LogP contribution in [0.5, 0.6) is 5.88 Å². The van der Waals surface area contributed by atoms with Gasteiger partial charge in [0.15, 0.2) is 5.03 Å². The predicted molar refractivity (Wildman–Crippen MR) is 146 cm³/mol. The van der Waals surface area contributed by atoms with Crippen molar-refractivity contribution < 1.29 is 24.1 Å². The molecular weight excluding hydrogens is 508 g/mol. The molecule has 0 radical (unpaired) electrons. The number of nitrogens with one attached hydrogen (secondary N) is 1. The number of piperidine rings is 1. The minimum atomic E-state index is -4.26. The van der Waals surface area contributed by atoms with E-state index in [1.165, 1.54) is 18.2 Å². The number of carbonyl (C=O) groups is 1. The van der Waals surface area contributed by atoms with E-state index in [4.69, 9.17) is 20.2 Å². The summed E-state index contributed by atoms with van der Waals surface area (Å²) >= 11 is 0. The Morgan fingerprint density at radius 1 is 1.21 bits per heavy atom. The minimum absolute atomic E-state index is 0. The standard InChI is InChI=1S/C26H32N6O5S.H2/c1-4-36-19-7-6-14-32(16-19)25-20(26(33)31-38(34,35)24-9-5-8-22(27)30-24)11-12-21(29-25)18-10-13-23(28-15-18)37-17(2)3;/h5,8-13,15,17,19H,4,6-7,14,16H2,1-3H3,(H2,27,30)(H,31,33);1H. The molecule has 1 saturated heterocycles. The Labute approximate surface area is 223 Å². The van der Waals surface area contributed by atoms with Crippen LogP contribution in [-0.4, -0.2) is 61.2 Å². The predicted octanol–water partition coefficient (Wildman–Crippen LogP) is 3.28. The van der Waals surface area contributed by atoms with Gasteiger partial charge in [0, 0.05) is 38.9 Å². The largest absolute Gasteiger partial charge is 0.475 e. The zero-order chi connectivity index (χ0) is 27.3. The molecule has 1 amide bonds. The molecule has 204 valence electrons. The number of carbonyl (C=O) groups excluding carboxylic acids is 1. The van der Waals surface area contributed by atoms with E-state index in [1.807, 2.05) is 31.7 Å². The van der Waals surface area contributed by atoms with Gasteiger partial charge in [0.1, 0.15) is 11.6 Å². The lowest BCUT2D eigenvalue weighted by Gasteiger charge is -2.34. The first-order valence-corrected chi connectivity index (χ1v) is 13.9. The third-order valence-electron chi connectivity index (χ3n) is 5.84. The molecule has 3 aromatic heterocycles. The lowest BCUT2D eigenvalue weighted by molar-refractivity contribution is 0.0524. The summed E-state index contributed by atoms with van der Waals surface area (Å²) < 4.78 is 39.3. The third-order valence-corrected chi connectivity index (χ3v) is 7.07. The third kappa shape index (κ3) is 6.56. The molecule has 4 rings (SSSR count). The molecule has 0 spiro atoms. The van der Waals surface area contributed by atoms with Gasteiger partial charge in [0.25, 0.3) is 15.9 Å². The molecule has 3 N–H and O–H groups in total. The first-order chi connectivity index (χ1) is 18.2. The molecule has 12 heteroatoms. The van der Waals surface area contributed by atoms with Crippen LogP contribution in [0, 0.1) is 0 Å². The van der Waals surface area contributed by atoms with Crippen molar-refractivity contribution in [3.8, 4) is 17.1 Å². The summed E-state index contributed by atoms with van der Waals surface area (Å²) in [6.45, 7) is 7.51. The number of amides is 1. The van der Waals surface area contributed by atoms with Gasteiger partial charge in [-0.1, -0.05) is 6.07 Å². The molecule has 1 aliphatic rings. The van der Waals surface area contributed by atoms with Crippen LogP contribution in [0.1, 0.15) is 45.4 Å². The van der Waals surface area contributed by atoms with Crippen molar-refractivity contribution >= 4 is 27.6 Å². The Morgan fingerprint density at radius 2 is 2.03 bits per heavy atom. The van der Waals surface area contributed by atoms with Crippen molar-refractivity contribution in [1.82, 2.24) is 19.7 Å². The van der Waals surface area contributed by atoms with Gasteiger partial charge in [0.05, 0.1) is 23.5 Å². The number of pyridine rings is 3. The summed E-state index contributed by atoms with van der Waals surface area (Å²) in [5.74, 6) is 0.0694. The van der Waals surface area contributed by atoms with E-state index in [2.05, 4.69) is 14.7 Å². The summed E-state index contributed by atoms with van der Waals surface area (Å²) in [7, 11) is -4.26. The number of hydrogen-bond donors (Lipinski definition) is 2. The highest BCUT2D eigenvalue weighted by molar-refractivity contribution is 7.90. The molecule has 11 nitrogen and oxygen atoms in total. The zero-order valence-electron chi connectivity index (χ0n) is 21.6. The molecule has 1 fully saturated rings. The number of nitrogens with zero attached hydrogens (tertiary/aromatic N) is 4. The molecule has 0 saturated carbocycles. The van der Waals surface area contributed by atoms with E-state index >= 15 is 0 Å². The van der Waals surface area contributed by atoms with Gasteiger partial charge in [0.2, 0.25) is 5.88 Å². The lowest BCUT2D eigenvalue weighted by atomic mass is 10.1. The Hall–Kier alpha value is -3.77. The van der Waals surface area contributed by atoms with Crippen LogP contribution < -0.4 is 20.1 Å². The summed E-state index contributed by atoms with van der Waals surface area (Å²) in [5.41, 5.74) is 7.06. The van der Waals surface area contributed by atoms with Gasteiger partial charge in [-0.15, -0.1) is 0 Å². The first kappa shape index (κ1) is 27.3. The molecule has 1 unspecified atom stereocenters. The topological polar surface area (TPSA) is 150 Å². The van der Waals surface area contributed by atoms with Crippen LogP contribution in [0.3, 0.4) is 0 Å². The van der Waals surface area contributed by atoms with E-state index in [-0.39, 0.29) is 30.0 Å². The number of nitrogen functional groups attached to an aromatic ring is 1. The van der Waals surface area contributed by atoms with Crippen LogP contribution in [0.15, 0.2) is 53.7 Å². The number of nitrogens with two attached hydrogens (primary N) is 1. The highest BCUT2D eigenvalue weighted by Gasteiger charge is 2.28. The smallest absolute Gasteiger partial charge is 0.281 e. The van der Waals surface area contributed by atoms with E-state index < -0.39 is 15.9 Å². The SMILES string of the molecule is CCOC1CCCN(c2nc(-c3ccc(OC(C)C)nc3)ccc2C(=O)NS(=O)(=O)c2cccc(N)n2)C1.[HH]. The van der Waals surface area contributed by atoms with Crippen LogP contribution >= 0.6 is 0 Å². The zero-order valence-corrected chi connectivity index (χ0v) is 22.4. The van der Waals surface area contributed by atoms with Crippen molar-refractivity contribution in [2.24, 2.45) is 0 Å². The number of ether oxygens (including phenoxy) is 2. The van der Waals surface area contributed by atoms with Gasteiger partial charge in [-0.25, -0.2) is 19.7 Å². The molecule has 0 aliphatic carbocycles. The fourth-order valence-corrected chi connectivity index (χ4v) is 5.12. The highest BCUT2D eigenvalue weighted by Crippen LogP contribution is 2.28. The fraction of sp³-hybridized carbons (Fsp3) is 0.385. The van der Waals surface area contributed by atoms with Crippen LogP contribution in [0.4, 0.5) is 11.6 Å². The highest BCUT2D eigenvalue weighted by atomic mass is 32.2. The van der Waals surface area contributed by atoms with Gasteiger partial charge in [-0.3, -0.25) is 4.79 Å². The molecule has 1 aliphatic heterocycles. The average molecular weight is 543 g/mol. The minimum Gasteiger partial charge on any atom is -0.475 e. The van der Waals surface area contributed by atoms with Crippen molar-refractivity contribution in [2.75, 3.05) is 30.3 Å². The van der Waals surface area contributed by atoms with E-state index in [1.54, 1.807) is 24.4 Å². The van der Waals surface area contributed by atoms with Crippen LogP contribution in [0.25, 0.3) is 11.3 Å². The average Bonchev–Trinajstić information content (AvgIpc) is 2.88. The Kier molecular flexibility index (Phi) is 8.42. The maximum absolute atomic E-state index is 13.3. The van der Waals surface area contributed by atoms with Crippen LogP contribution in [0.2, 0.25) is 0 Å². The molecule has 1 atom stereocenters. The molecule has 4 heterocycles. The van der Waals surface area contributed by atoms with E-state index in [0.29, 0.717) is 37.1 Å². The number of anilines is 2. The molecular formula is C26H34N6O5S. The Bertz CT molecular complexity index is 1390. The maximum Gasteiger partial charge on any atom is 0.281 e. The lowest BCUT2D eigenvalue weighted by Crippen LogP contribution is -2.41. The molecule has 38 heavy (non-hydrogen) atoms. The quantitative estimate of drug-likeness (QED) is 0.412. The second-order valence-electron chi connectivity index (χ2n) is 9.12.